The zero-order valence-electron chi connectivity index (χ0n) is 19.4. The summed E-state index contributed by atoms with van der Waals surface area (Å²) in [6, 6.07) is 0. The van der Waals surface area contributed by atoms with Crippen LogP contribution in [-0.2, 0) is 14.4 Å². The second-order valence-corrected chi connectivity index (χ2v) is 11.1. The Morgan fingerprint density at radius 3 is 2.63 bits per heavy atom. The Morgan fingerprint density at radius 2 is 1.90 bits per heavy atom. The number of hydrogen-bond acceptors (Lipinski definition) is 5. The van der Waals surface area contributed by atoms with Crippen molar-refractivity contribution >= 4 is 17.5 Å². The number of likely N-dealkylation sites (N-methyl/N-ethyl adjacent to an activating group) is 1. The van der Waals surface area contributed by atoms with E-state index in [2.05, 4.69) is 19.0 Å². The zero-order valence-corrected chi connectivity index (χ0v) is 19.4. The summed E-state index contributed by atoms with van der Waals surface area (Å²) in [6.07, 6.45) is 10.9. The van der Waals surface area contributed by atoms with E-state index < -0.39 is 0 Å². The lowest BCUT2D eigenvalue weighted by molar-refractivity contribution is -0.144. The van der Waals surface area contributed by atoms with Crippen LogP contribution in [0.3, 0.4) is 0 Å². The molecule has 0 aromatic rings. The molecule has 6 unspecified atom stereocenters. The molecular weight excluding hydrogens is 376 g/mol. The SMILES string of the molecule is CC(=NOC(=O)CN(C)C)C1CCC2C3CCC4=CC(=O)CCC4(C)C3CCC12C. The topological polar surface area (TPSA) is 59.0 Å². The van der Waals surface area contributed by atoms with Crippen LogP contribution in [0.1, 0.15) is 72.1 Å². The van der Waals surface area contributed by atoms with Crippen LogP contribution in [-0.4, -0.2) is 43.0 Å². The summed E-state index contributed by atoms with van der Waals surface area (Å²) in [4.78, 5) is 30.9. The fourth-order valence-corrected chi connectivity index (χ4v) is 7.72. The Hall–Kier alpha value is -1.49. The number of fused-ring (bicyclic) bond motifs is 5. The fraction of sp³-hybridized carbons (Fsp3) is 0.800. The maximum absolute atomic E-state index is 12.0. The van der Waals surface area contributed by atoms with Crippen LogP contribution in [0.25, 0.3) is 0 Å². The number of carbonyl (C=O) groups excluding carboxylic acids is 2. The van der Waals surface area contributed by atoms with Crippen LogP contribution in [0, 0.1) is 34.5 Å². The molecule has 30 heavy (non-hydrogen) atoms. The molecule has 0 bridgehead atoms. The summed E-state index contributed by atoms with van der Waals surface area (Å²) in [5.74, 6) is 2.59. The maximum atomic E-state index is 12.0. The van der Waals surface area contributed by atoms with Crippen molar-refractivity contribution in [2.24, 2.45) is 39.7 Å². The third kappa shape index (κ3) is 3.57. The van der Waals surface area contributed by atoms with Crippen LogP contribution < -0.4 is 0 Å². The number of ketones is 1. The molecule has 166 valence electrons. The Kier molecular flexibility index (Phi) is 5.71. The fourth-order valence-electron chi connectivity index (χ4n) is 7.72. The Bertz CT molecular complexity index is 785. The summed E-state index contributed by atoms with van der Waals surface area (Å²) in [7, 11) is 3.71. The van der Waals surface area contributed by atoms with Crippen LogP contribution in [0.2, 0.25) is 0 Å². The van der Waals surface area contributed by atoms with E-state index >= 15 is 0 Å². The Morgan fingerprint density at radius 1 is 1.13 bits per heavy atom. The summed E-state index contributed by atoms with van der Waals surface area (Å²) >= 11 is 0. The van der Waals surface area contributed by atoms with E-state index in [0.29, 0.717) is 23.5 Å². The van der Waals surface area contributed by atoms with Crippen molar-refractivity contribution in [1.29, 1.82) is 0 Å². The maximum Gasteiger partial charge on any atom is 0.348 e. The summed E-state index contributed by atoms with van der Waals surface area (Å²) in [6.45, 7) is 7.20. The summed E-state index contributed by atoms with van der Waals surface area (Å²) in [5.41, 5.74) is 2.88. The van der Waals surface area contributed by atoms with Crippen LogP contribution >= 0.6 is 0 Å². The minimum Gasteiger partial charge on any atom is -0.317 e. The number of oxime groups is 1. The smallest absolute Gasteiger partial charge is 0.317 e. The van der Waals surface area contributed by atoms with E-state index in [1.165, 1.54) is 31.3 Å². The van der Waals surface area contributed by atoms with E-state index in [4.69, 9.17) is 4.84 Å². The first-order chi connectivity index (χ1) is 14.1. The quantitative estimate of drug-likeness (QED) is 0.383. The van der Waals surface area contributed by atoms with Gasteiger partial charge in [0.2, 0.25) is 0 Å². The molecule has 0 amide bonds. The molecule has 0 aliphatic heterocycles. The van der Waals surface area contributed by atoms with Crippen molar-refractivity contribution in [3.63, 3.8) is 0 Å². The highest BCUT2D eigenvalue weighted by molar-refractivity contribution is 5.91. The highest BCUT2D eigenvalue weighted by Gasteiger charge is 2.59. The molecule has 4 aliphatic rings. The molecule has 0 aromatic carbocycles. The molecule has 0 N–H and O–H groups in total. The average Bonchev–Trinajstić information content (AvgIpc) is 3.03. The molecule has 0 heterocycles. The summed E-state index contributed by atoms with van der Waals surface area (Å²) < 4.78 is 0. The second kappa shape index (κ2) is 7.89. The van der Waals surface area contributed by atoms with Gasteiger partial charge in [-0.25, -0.2) is 4.79 Å². The first kappa shape index (κ1) is 21.7. The van der Waals surface area contributed by atoms with Gasteiger partial charge in [0.25, 0.3) is 0 Å². The van der Waals surface area contributed by atoms with Crippen LogP contribution in [0.15, 0.2) is 16.8 Å². The lowest BCUT2D eigenvalue weighted by atomic mass is 9.46. The van der Waals surface area contributed by atoms with Gasteiger partial charge in [0, 0.05) is 12.3 Å². The molecule has 5 heteroatoms. The highest BCUT2D eigenvalue weighted by Crippen LogP contribution is 2.66. The predicted octanol–water partition coefficient (Wildman–Crippen LogP) is 4.62. The van der Waals surface area contributed by atoms with Gasteiger partial charge in [-0.1, -0.05) is 24.6 Å². The zero-order chi connectivity index (χ0) is 21.7. The number of allylic oxidation sites excluding steroid dienone is 1. The molecular formula is C25H38N2O3. The molecule has 6 atom stereocenters. The van der Waals surface area contributed by atoms with Crippen molar-refractivity contribution in [3.8, 4) is 0 Å². The molecule has 3 saturated carbocycles. The van der Waals surface area contributed by atoms with Gasteiger partial charge < -0.3 is 4.84 Å². The van der Waals surface area contributed by atoms with Gasteiger partial charge in [0.1, 0.15) is 0 Å². The molecule has 0 aromatic heterocycles. The predicted molar refractivity (Wildman–Crippen MR) is 118 cm³/mol. The van der Waals surface area contributed by atoms with Gasteiger partial charge in [-0.15, -0.1) is 0 Å². The first-order valence-corrected chi connectivity index (χ1v) is 11.8. The van der Waals surface area contributed by atoms with Gasteiger partial charge >= 0.3 is 5.97 Å². The lowest BCUT2D eigenvalue weighted by Crippen LogP contribution is -2.51. The molecule has 3 fully saturated rings. The molecule has 0 saturated heterocycles. The van der Waals surface area contributed by atoms with Gasteiger partial charge in [0.05, 0.1) is 12.3 Å². The standard InChI is InChI=1S/C25H38N2O3/c1-16(26-30-23(29)15-27(4)5)20-8-9-21-19-7-6-17-14-18(28)10-12-24(17,2)22(19)11-13-25(20,21)3/h14,19-22H,6-13,15H2,1-5H3. The van der Waals surface area contributed by atoms with E-state index in [9.17, 15) is 9.59 Å². The lowest BCUT2D eigenvalue weighted by Gasteiger charge is -2.58. The molecule has 0 radical (unpaired) electrons. The van der Waals surface area contributed by atoms with Crippen molar-refractivity contribution in [2.45, 2.75) is 72.1 Å². The number of hydrogen-bond donors (Lipinski definition) is 0. The van der Waals surface area contributed by atoms with Crippen molar-refractivity contribution in [3.05, 3.63) is 11.6 Å². The second-order valence-electron chi connectivity index (χ2n) is 11.1. The minimum atomic E-state index is -0.297. The summed E-state index contributed by atoms with van der Waals surface area (Å²) in [5, 5.41) is 4.28. The normalized spacial score (nSPS) is 41.1. The Labute approximate surface area is 181 Å². The first-order valence-electron chi connectivity index (χ1n) is 11.8. The molecule has 0 spiro atoms. The Balaban J connectivity index is 1.51. The van der Waals surface area contributed by atoms with Gasteiger partial charge in [0.15, 0.2) is 5.78 Å². The van der Waals surface area contributed by atoms with Crippen molar-refractivity contribution in [1.82, 2.24) is 4.90 Å². The number of nitrogens with zero attached hydrogens (tertiary/aromatic N) is 2. The van der Waals surface area contributed by atoms with Crippen molar-refractivity contribution < 1.29 is 14.4 Å². The van der Waals surface area contributed by atoms with Crippen LogP contribution in [0.5, 0.6) is 0 Å². The van der Waals surface area contributed by atoms with Crippen molar-refractivity contribution in [2.75, 3.05) is 20.6 Å². The highest BCUT2D eigenvalue weighted by atomic mass is 16.7. The average molecular weight is 415 g/mol. The van der Waals surface area contributed by atoms with Gasteiger partial charge in [-0.3, -0.25) is 9.69 Å². The largest absolute Gasteiger partial charge is 0.348 e. The molecule has 4 rings (SSSR count). The number of carbonyl (C=O) groups is 2. The van der Waals surface area contributed by atoms with Gasteiger partial charge in [-0.05, 0) is 101 Å². The van der Waals surface area contributed by atoms with Gasteiger partial charge in [-0.2, -0.15) is 0 Å². The third-order valence-corrected chi connectivity index (χ3v) is 9.20. The minimum absolute atomic E-state index is 0.223. The molecule has 4 aliphatic carbocycles. The van der Waals surface area contributed by atoms with E-state index in [1.807, 2.05) is 27.1 Å². The van der Waals surface area contributed by atoms with E-state index in [-0.39, 0.29) is 23.3 Å². The van der Waals surface area contributed by atoms with E-state index in [1.54, 1.807) is 4.90 Å². The van der Waals surface area contributed by atoms with Crippen LogP contribution in [0.4, 0.5) is 0 Å². The third-order valence-electron chi connectivity index (χ3n) is 9.20. The molecule has 5 nitrogen and oxygen atoms in total. The monoisotopic (exact) mass is 414 g/mol. The van der Waals surface area contributed by atoms with E-state index in [0.717, 1.165) is 37.3 Å². The number of rotatable bonds is 4.